The van der Waals surface area contributed by atoms with Gasteiger partial charge in [-0.15, -0.1) is 24.8 Å². The summed E-state index contributed by atoms with van der Waals surface area (Å²) in [4.78, 5) is 4.27. The molecule has 1 heterocycles. The van der Waals surface area contributed by atoms with E-state index in [-0.39, 0.29) is 24.8 Å². The Kier molecular flexibility index (Phi) is 5.46. The lowest BCUT2D eigenvalue weighted by Crippen LogP contribution is -1.96. The molecule has 0 radical (unpaired) electrons. The number of aromatic nitrogens is 1. The predicted molar refractivity (Wildman–Crippen MR) is 64.1 cm³/mol. The number of fused-ring (bicyclic) bond motifs is 1. The van der Waals surface area contributed by atoms with E-state index in [9.17, 15) is 0 Å². The van der Waals surface area contributed by atoms with E-state index in [0.717, 1.165) is 16.5 Å². The first-order valence-corrected chi connectivity index (χ1v) is 3.94. The molecule has 0 saturated carbocycles. The smallest absolute Gasteiger partial charge is 0.0702 e. The Morgan fingerprint density at radius 3 is 2.57 bits per heavy atom. The summed E-state index contributed by atoms with van der Waals surface area (Å²) in [5.41, 5.74) is 7.60. The van der Waals surface area contributed by atoms with Crippen LogP contribution in [0, 0.1) is 0 Å². The predicted octanol–water partition coefficient (Wildman–Crippen LogP) is 2.54. The van der Waals surface area contributed by atoms with Crippen LogP contribution in [0.4, 0.5) is 0 Å². The van der Waals surface area contributed by atoms with Crippen LogP contribution < -0.4 is 5.73 Å². The molecule has 2 nitrogen and oxygen atoms in total. The molecule has 0 unspecified atom stereocenters. The Morgan fingerprint density at radius 2 is 1.86 bits per heavy atom. The number of nitrogens with zero attached hydrogens (tertiary/aromatic N) is 1. The summed E-state index contributed by atoms with van der Waals surface area (Å²) in [6, 6.07) is 10.1. The minimum atomic E-state index is 0. The largest absolute Gasteiger partial charge is 0.326 e. The monoisotopic (exact) mass is 230 g/mol. The maximum absolute atomic E-state index is 5.50. The number of hydrogen-bond acceptors (Lipinski definition) is 2. The molecule has 0 aliphatic rings. The van der Waals surface area contributed by atoms with E-state index in [1.807, 2.05) is 30.5 Å². The van der Waals surface area contributed by atoms with Crippen molar-refractivity contribution in [3.63, 3.8) is 0 Å². The Morgan fingerprint density at radius 1 is 1.14 bits per heavy atom. The van der Waals surface area contributed by atoms with Crippen molar-refractivity contribution in [2.24, 2.45) is 5.73 Å². The van der Waals surface area contributed by atoms with Gasteiger partial charge in [-0.25, -0.2) is 0 Å². The highest BCUT2D eigenvalue weighted by Gasteiger charge is 1.93. The minimum absolute atomic E-state index is 0. The van der Waals surface area contributed by atoms with E-state index < -0.39 is 0 Å². The standard InChI is InChI=1S/C10H10N2.2ClH/c11-6-8-5-9-3-1-2-4-10(9)12-7-8;;/h1-5,7H,6,11H2;2*1H. The quantitative estimate of drug-likeness (QED) is 0.819. The van der Waals surface area contributed by atoms with Gasteiger partial charge >= 0.3 is 0 Å². The number of nitrogens with two attached hydrogens (primary N) is 1. The number of rotatable bonds is 1. The highest BCUT2D eigenvalue weighted by molar-refractivity contribution is 5.85. The molecular formula is C10H12Cl2N2. The third-order valence-electron chi connectivity index (χ3n) is 1.88. The fourth-order valence-corrected chi connectivity index (χ4v) is 1.23. The molecule has 14 heavy (non-hydrogen) atoms. The maximum atomic E-state index is 5.50. The molecule has 0 saturated heterocycles. The lowest BCUT2D eigenvalue weighted by atomic mass is 10.2. The molecule has 0 aliphatic carbocycles. The van der Waals surface area contributed by atoms with Crippen LogP contribution in [0.2, 0.25) is 0 Å². The first kappa shape index (κ1) is 13.2. The van der Waals surface area contributed by atoms with Crippen molar-refractivity contribution < 1.29 is 0 Å². The van der Waals surface area contributed by atoms with Gasteiger partial charge in [-0.1, -0.05) is 18.2 Å². The summed E-state index contributed by atoms with van der Waals surface area (Å²) in [6.45, 7) is 0.553. The molecule has 2 rings (SSSR count). The van der Waals surface area contributed by atoms with Crippen LogP contribution in [-0.2, 0) is 6.54 Å². The molecular weight excluding hydrogens is 219 g/mol. The van der Waals surface area contributed by atoms with E-state index in [1.165, 1.54) is 0 Å². The molecule has 0 fully saturated rings. The summed E-state index contributed by atoms with van der Waals surface area (Å²) in [5, 5.41) is 1.15. The topological polar surface area (TPSA) is 38.9 Å². The highest BCUT2D eigenvalue weighted by Crippen LogP contribution is 2.11. The van der Waals surface area contributed by atoms with Crippen LogP contribution in [-0.4, -0.2) is 4.98 Å². The van der Waals surface area contributed by atoms with Crippen molar-refractivity contribution in [1.29, 1.82) is 0 Å². The maximum Gasteiger partial charge on any atom is 0.0702 e. The van der Waals surface area contributed by atoms with E-state index >= 15 is 0 Å². The highest BCUT2D eigenvalue weighted by atomic mass is 35.5. The van der Waals surface area contributed by atoms with Gasteiger partial charge in [-0.3, -0.25) is 4.98 Å². The van der Waals surface area contributed by atoms with Gasteiger partial charge in [0, 0.05) is 18.1 Å². The van der Waals surface area contributed by atoms with Gasteiger partial charge in [0.15, 0.2) is 0 Å². The zero-order chi connectivity index (χ0) is 8.39. The number of para-hydroxylation sites is 1. The third kappa shape index (κ3) is 2.58. The molecule has 1 aromatic carbocycles. The molecule has 76 valence electrons. The summed E-state index contributed by atoms with van der Waals surface area (Å²) in [5.74, 6) is 0. The van der Waals surface area contributed by atoms with Crippen molar-refractivity contribution in [2.75, 3.05) is 0 Å². The Balaban J connectivity index is 0.000000845. The van der Waals surface area contributed by atoms with Crippen molar-refractivity contribution >= 4 is 35.7 Å². The van der Waals surface area contributed by atoms with Crippen LogP contribution in [0.5, 0.6) is 0 Å². The fraction of sp³-hybridized carbons (Fsp3) is 0.100. The molecule has 2 aromatic rings. The van der Waals surface area contributed by atoms with Crippen molar-refractivity contribution in [3.05, 3.63) is 42.1 Å². The molecule has 0 bridgehead atoms. The summed E-state index contributed by atoms with van der Waals surface area (Å²) >= 11 is 0. The van der Waals surface area contributed by atoms with Crippen LogP contribution in [0.15, 0.2) is 36.5 Å². The Hall–Kier alpha value is -0.830. The number of hydrogen-bond donors (Lipinski definition) is 1. The zero-order valence-corrected chi connectivity index (χ0v) is 9.15. The van der Waals surface area contributed by atoms with Crippen LogP contribution in [0.3, 0.4) is 0 Å². The second-order valence-corrected chi connectivity index (χ2v) is 2.74. The summed E-state index contributed by atoms with van der Waals surface area (Å²) in [6.07, 6.45) is 1.82. The molecule has 2 N–H and O–H groups in total. The van der Waals surface area contributed by atoms with E-state index in [0.29, 0.717) is 6.54 Å². The third-order valence-corrected chi connectivity index (χ3v) is 1.88. The fourth-order valence-electron chi connectivity index (χ4n) is 1.23. The number of benzene rings is 1. The molecule has 4 heteroatoms. The van der Waals surface area contributed by atoms with Gasteiger partial charge < -0.3 is 5.73 Å². The van der Waals surface area contributed by atoms with Crippen molar-refractivity contribution in [1.82, 2.24) is 4.98 Å². The number of halogens is 2. The van der Waals surface area contributed by atoms with Gasteiger partial charge in [0.25, 0.3) is 0 Å². The summed E-state index contributed by atoms with van der Waals surface area (Å²) < 4.78 is 0. The first-order valence-electron chi connectivity index (χ1n) is 3.94. The van der Waals surface area contributed by atoms with E-state index in [1.54, 1.807) is 0 Å². The van der Waals surface area contributed by atoms with Crippen LogP contribution >= 0.6 is 24.8 Å². The SMILES string of the molecule is Cl.Cl.NCc1cnc2ccccc2c1. The lowest BCUT2D eigenvalue weighted by Gasteiger charge is -1.98. The summed E-state index contributed by atoms with van der Waals surface area (Å²) in [7, 11) is 0. The average molecular weight is 231 g/mol. The second-order valence-electron chi connectivity index (χ2n) is 2.74. The minimum Gasteiger partial charge on any atom is -0.326 e. The average Bonchev–Trinajstić information content (AvgIpc) is 2.17. The molecule has 0 amide bonds. The van der Waals surface area contributed by atoms with Crippen LogP contribution in [0.25, 0.3) is 10.9 Å². The normalized spacial score (nSPS) is 8.93. The van der Waals surface area contributed by atoms with Crippen molar-refractivity contribution in [3.8, 4) is 0 Å². The van der Waals surface area contributed by atoms with Gasteiger partial charge in [-0.05, 0) is 17.7 Å². The van der Waals surface area contributed by atoms with Crippen molar-refractivity contribution in [2.45, 2.75) is 6.54 Å². The van der Waals surface area contributed by atoms with Crippen LogP contribution in [0.1, 0.15) is 5.56 Å². The van der Waals surface area contributed by atoms with Gasteiger partial charge in [-0.2, -0.15) is 0 Å². The number of pyridine rings is 1. The first-order chi connectivity index (χ1) is 5.90. The molecule has 1 aromatic heterocycles. The van der Waals surface area contributed by atoms with Gasteiger partial charge in [0.2, 0.25) is 0 Å². The van der Waals surface area contributed by atoms with Gasteiger partial charge in [0.1, 0.15) is 0 Å². The molecule has 0 atom stereocenters. The zero-order valence-electron chi connectivity index (χ0n) is 7.51. The molecule has 0 aliphatic heterocycles. The Bertz CT molecular complexity index is 404. The molecule has 0 spiro atoms. The second kappa shape index (κ2) is 5.81. The lowest BCUT2D eigenvalue weighted by molar-refractivity contribution is 1.06. The van der Waals surface area contributed by atoms with E-state index in [2.05, 4.69) is 11.1 Å². The van der Waals surface area contributed by atoms with E-state index in [4.69, 9.17) is 5.73 Å². The van der Waals surface area contributed by atoms with Gasteiger partial charge in [0.05, 0.1) is 5.52 Å². The Labute approximate surface area is 95.3 Å².